The first-order valence-electron chi connectivity index (χ1n) is 6.53. The average molecular weight is 287 g/mol. The Bertz CT molecular complexity index is 665. The first-order valence-corrected chi connectivity index (χ1v) is 6.91. The molecule has 1 aliphatic rings. The Hall–Kier alpha value is -2.00. The maximum absolute atomic E-state index is 11.4. The van der Waals surface area contributed by atoms with Crippen LogP contribution in [0.4, 0.5) is 11.4 Å². The van der Waals surface area contributed by atoms with E-state index in [1.54, 1.807) is 6.07 Å². The van der Waals surface area contributed by atoms with Gasteiger partial charge in [-0.1, -0.05) is 41.4 Å². The fourth-order valence-electron chi connectivity index (χ4n) is 2.29. The molecular formula is C16H15ClN2O. The fraction of sp³-hybridized carbons (Fsp3) is 0.188. The Kier molecular flexibility index (Phi) is 3.36. The van der Waals surface area contributed by atoms with Gasteiger partial charge in [0.2, 0.25) is 5.91 Å². The quantitative estimate of drug-likeness (QED) is 0.902. The van der Waals surface area contributed by atoms with E-state index in [2.05, 4.69) is 41.8 Å². The zero-order valence-electron chi connectivity index (χ0n) is 11.2. The van der Waals surface area contributed by atoms with Gasteiger partial charge >= 0.3 is 0 Å². The van der Waals surface area contributed by atoms with Crippen LogP contribution in [0.5, 0.6) is 0 Å². The topological polar surface area (TPSA) is 41.1 Å². The number of amides is 1. The third-order valence-corrected chi connectivity index (χ3v) is 3.73. The molecule has 1 aliphatic heterocycles. The van der Waals surface area contributed by atoms with Crippen molar-refractivity contribution in [3.63, 3.8) is 0 Å². The highest BCUT2D eigenvalue weighted by Crippen LogP contribution is 2.33. The number of aryl methyl sites for hydroxylation is 1. The molecule has 0 aliphatic carbocycles. The van der Waals surface area contributed by atoms with Gasteiger partial charge in [-0.15, -0.1) is 0 Å². The molecule has 2 N–H and O–H groups in total. The standard InChI is InChI=1S/C16H15ClN2O/c1-10-2-4-11(5-3-10)9-18-15-6-12-7-16(20)19-14(12)8-13(15)17/h2-6,8,18H,7,9H2,1H3,(H,19,20). The van der Waals surface area contributed by atoms with Crippen LogP contribution in [0.25, 0.3) is 0 Å². The third kappa shape index (κ3) is 2.63. The lowest BCUT2D eigenvalue weighted by Gasteiger charge is -2.11. The van der Waals surface area contributed by atoms with Gasteiger partial charge < -0.3 is 10.6 Å². The van der Waals surface area contributed by atoms with Crippen LogP contribution < -0.4 is 10.6 Å². The van der Waals surface area contributed by atoms with Crippen molar-refractivity contribution in [3.8, 4) is 0 Å². The molecule has 0 spiro atoms. The van der Waals surface area contributed by atoms with Crippen LogP contribution in [0.3, 0.4) is 0 Å². The summed E-state index contributed by atoms with van der Waals surface area (Å²) in [5, 5.41) is 6.74. The molecule has 2 aromatic rings. The summed E-state index contributed by atoms with van der Waals surface area (Å²) in [6.07, 6.45) is 0.422. The van der Waals surface area contributed by atoms with Gasteiger partial charge in [0.05, 0.1) is 17.1 Å². The molecule has 0 fully saturated rings. The highest BCUT2D eigenvalue weighted by molar-refractivity contribution is 6.33. The number of hydrogen-bond acceptors (Lipinski definition) is 2. The van der Waals surface area contributed by atoms with E-state index in [0.29, 0.717) is 18.0 Å². The van der Waals surface area contributed by atoms with E-state index in [1.807, 2.05) is 6.07 Å². The molecule has 20 heavy (non-hydrogen) atoms. The number of anilines is 2. The Morgan fingerprint density at radius 3 is 2.75 bits per heavy atom. The number of rotatable bonds is 3. The predicted molar refractivity (Wildman–Crippen MR) is 82.3 cm³/mol. The second kappa shape index (κ2) is 5.17. The molecule has 0 bridgehead atoms. The van der Waals surface area contributed by atoms with E-state index in [-0.39, 0.29) is 5.91 Å². The number of carbonyl (C=O) groups excluding carboxylic acids is 1. The molecule has 0 radical (unpaired) electrons. The summed E-state index contributed by atoms with van der Waals surface area (Å²) in [7, 11) is 0. The summed E-state index contributed by atoms with van der Waals surface area (Å²) in [6, 6.07) is 12.1. The van der Waals surface area contributed by atoms with Gasteiger partial charge in [0.1, 0.15) is 0 Å². The molecule has 4 heteroatoms. The van der Waals surface area contributed by atoms with Crippen LogP contribution in [-0.2, 0) is 17.8 Å². The Morgan fingerprint density at radius 1 is 1.25 bits per heavy atom. The number of benzene rings is 2. The van der Waals surface area contributed by atoms with Crippen molar-refractivity contribution in [2.75, 3.05) is 10.6 Å². The van der Waals surface area contributed by atoms with Crippen molar-refractivity contribution in [2.24, 2.45) is 0 Å². The van der Waals surface area contributed by atoms with E-state index < -0.39 is 0 Å². The van der Waals surface area contributed by atoms with Crippen LogP contribution in [0.2, 0.25) is 5.02 Å². The average Bonchev–Trinajstić information content (AvgIpc) is 2.77. The molecule has 2 aromatic carbocycles. The van der Waals surface area contributed by atoms with Crippen LogP contribution in [0.1, 0.15) is 16.7 Å². The van der Waals surface area contributed by atoms with Crippen molar-refractivity contribution < 1.29 is 4.79 Å². The van der Waals surface area contributed by atoms with Crippen molar-refractivity contribution >= 4 is 28.9 Å². The lowest BCUT2D eigenvalue weighted by atomic mass is 10.1. The molecule has 0 saturated heterocycles. The maximum atomic E-state index is 11.4. The molecule has 0 aromatic heterocycles. The summed E-state index contributed by atoms with van der Waals surface area (Å²) >= 11 is 6.23. The van der Waals surface area contributed by atoms with Crippen LogP contribution in [0, 0.1) is 6.92 Å². The van der Waals surface area contributed by atoms with Crippen molar-refractivity contribution in [3.05, 3.63) is 58.1 Å². The zero-order chi connectivity index (χ0) is 14.1. The van der Waals surface area contributed by atoms with E-state index in [1.165, 1.54) is 11.1 Å². The van der Waals surface area contributed by atoms with Gasteiger partial charge in [-0.2, -0.15) is 0 Å². The van der Waals surface area contributed by atoms with Gasteiger partial charge in [0, 0.05) is 12.2 Å². The van der Waals surface area contributed by atoms with E-state index >= 15 is 0 Å². The van der Waals surface area contributed by atoms with Gasteiger partial charge in [-0.25, -0.2) is 0 Å². The Labute approximate surface area is 123 Å². The van der Waals surface area contributed by atoms with Crippen LogP contribution in [0.15, 0.2) is 36.4 Å². The molecule has 1 heterocycles. The summed E-state index contributed by atoms with van der Waals surface area (Å²) in [4.78, 5) is 11.4. The van der Waals surface area contributed by atoms with Gasteiger partial charge in [0.25, 0.3) is 0 Å². The largest absolute Gasteiger partial charge is 0.380 e. The molecule has 0 atom stereocenters. The summed E-state index contributed by atoms with van der Waals surface area (Å²) in [5.74, 6) is 0.0201. The van der Waals surface area contributed by atoms with Gasteiger partial charge in [-0.3, -0.25) is 4.79 Å². The molecular weight excluding hydrogens is 272 g/mol. The zero-order valence-corrected chi connectivity index (χ0v) is 11.9. The van der Waals surface area contributed by atoms with Crippen LogP contribution >= 0.6 is 11.6 Å². The predicted octanol–water partition coefficient (Wildman–Crippen LogP) is 3.76. The number of carbonyl (C=O) groups is 1. The smallest absolute Gasteiger partial charge is 0.228 e. The Morgan fingerprint density at radius 2 is 2.00 bits per heavy atom. The minimum atomic E-state index is 0.0201. The lowest BCUT2D eigenvalue weighted by molar-refractivity contribution is -0.115. The Balaban J connectivity index is 1.76. The van der Waals surface area contributed by atoms with Crippen LogP contribution in [-0.4, -0.2) is 5.91 Å². The van der Waals surface area contributed by atoms with Crippen molar-refractivity contribution in [1.82, 2.24) is 0 Å². The van der Waals surface area contributed by atoms with Gasteiger partial charge in [-0.05, 0) is 30.2 Å². The molecule has 0 saturated carbocycles. The molecule has 0 unspecified atom stereocenters. The number of hydrogen-bond donors (Lipinski definition) is 2. The lowest BCUT2D eigenvalue weighted by Crippen LogP contribution is -2.03. The third-order valence-electron chi connectivity index (χ3n) is 3.42. The van der Waals surface area contributed by atoms with Crippen molar-refractivity contribution in [2.45, 2.75) is 19.9 Å². The normalized spacial score (nSPS) is 13.0. The molecule has 3 nitrogen and oxygen atoms in total. The fourth-order valence-corrected chi connectivity index (χ4v) is 2.52. The molecule has 102 valence electrons. The molecule has 1 amide bonds. The minimum absolute atomic E-state index is 0.0201. The molecule has 3 rings (SSSR count). The first-order chi connectivity index (χ1) is 9.61. The first kappa shape index (κ1) is 13.0. The van der Waals surface area contributed by atoms with E-state index in [9.17, 15) is 4.79 Å². The number of halogens is 1. The minimum Gasteiger partial charge on any atom is -0.380 e. The second-order valence-electron chi connectivity index (χ2n) is 5.05. The van der Waals surface area contributed by atoms with E-state index in [4.69, 9.17) is 11.6 Å². The van der Waals surface area contributed by atoms with Crippen molar-refractivity contribution in [1.29, 1.82) is 0 Å². The van der Waals surface area contributed by atoms with Gasteiger partial charge in [0.15, 0.2) is 0 Å². The summed E-state index contributed by atoms with van der Waals surface area (Å²) < 4.78 is 0. The highest BCUT2D eigenvalue weighted by Gasteiger charge is 2.19. The maximum Gasteiger partial charge on any atom is 0.228 e. The SMILES string of the molecule is Cc1ccc(CNc2cc3c(cc2Cl)NC(=O)C3)cc1. The number of nitrogens with one attached hydrogen (secondary N) is 2. The highest BCUT2D eigenvalue weighted by atomic mass is 35.5. The second-order valence-corrected chi connectivity index (χ2v) is 5.46. The number of fused-ring (bicyclic) bond motifs is 1. The van der Waals surface area contributed by atoms with E-state index in [0.717, 1.165) is 16.9 Å². The summed E-state index contributed by atoms with van der Waals surface area (Å²) in [5.41, 5.74) is 5.12. The summed E-state index contributed by atoms with van der Waals surface area (Å²) in [6.45, 7) is 2.78. The monoisotopic (exact) mass is 286 g/mol.